The molecule has 4 atom stereocenters. The summed E-state index contributed by atoms with van der Waals surface area (Å²) in [6, 6.07) is 12.1. The van der Waals surface area contributed by atoms with E-state index in [2.05, 4.69) is 20.9 Å². The lowest BCUT2D eigenvalue weighted by atomic mass is 10.0. The van der Waals surface area contributed by atoms with Gasteiger partial charge in [-0.25, -0.2) is 0 Å². The van der Waals surface area contributed by atoms with Gasteiger partial charge in [-0.05, 0) is 61.9 Å². The molecule has 0 heterocycles. The first kappa shape index (κ1) is 38.5. The first-order valence-corrected chi connectivity index (χ1v) is 15.8. The van der Waals surface area contributed by atoms with E-state index in [1.807, 2.05) is 51.5 Å². The van der Waals surface area contributed by atoms with Crippen LogP contribution < -0.4 is 38.9 Å². The van der Waals surface area contributed by atoms with Crippen LogP contribution in [-0.2, 0) is 32.0 Å². The van der Waals surface area contributed by atoms with Gasteiger partial charge >= 0.3 is 0 Å². The van der Waals surface area contributed by atoms with Crippen LogP contribution in [0, 0.1) is 0 Å². The Hall–Kier alpha value is -4.69. The van der Waals surface area contributed by atoms with Crippen molar-refractivity contribution in [2.75, 3.05) is 34.2 Å². The maximum Gasteiger partial charge on any atom is 0.279 e. The van der Waals surface area contributed by atoms with E-state index >= 15 is 0 Å². The summed E-state index contributed by atoms with van der Waals surface area (Å²) in [4.78, 5) is 57.4. The zero-order chi connectivity index (χ0) is 35.0. The molecule has 12 N–H and O–H groups in total. The number of hydrogen-bond acceptors (Lipinski definition) is 7. The maximum absolute atomic E-state index is 13.9. The van der Waals surface area contributed by atoms with Crippen LogP contribution in [0.3, 0.4) is 0 Å². The van der Waals surface area contributed by atoms with Gasteiger partial charge in [0.05, 0.1) is 21.1 Å². The second-order valence-electron chi connectivity index (χ2n) is 12.5. The molecule has 0 radical (unpaired) electrons. The van der Waals surface area contributed by atoms with Crippen molar-refractivity contribution in [3.8, 4) is 5.75 Å². The van der Waals surface area contributed by atoms with Gasteiger partial charge in [0.1, 0.15) is 23.9 Å². The minimum atomic E-state index is -1.08. The fraction of sp³-hybridized carbons (Fsp3) is 0.485. The van der Waals surface area contributed by atoms with E-state index in [1.165, 1.54) is 0 Å². The van der Waals surface area contributed by atoms with Gasteiger partial charge in [0.2, 0.25) is 17.7 Å². The highest BCUT2D eigenvalue weighted by molar-refractivity contribution is 5.94. The minimum Gasteiger partial charge on any atom is -0.508 e. The average molecular weight is 655 g/mol. The third-order valence-corrected chi connectivity index (χ3v) is 7.70. The number of rotatable bonds is 20. The number of nitrogens with zero attached hydrogens (tertiary/aromatic N) is 2. The summed E-state index contributed by atoms with van der Waals surface area (Å²) < 4.78 is 0.257. The van der Waals surface area contributed by atoms with Crippen LogP contribution in [-0.4, -0.2) is 97.6 Å². The Morgan fingerprint density at radius 3 is 1.85 bits per heavy atom. The smallest absolute Gasteiger partial charge is 0.279 e. The molecule has 0 saturated heterocycles. The molecule has 0 unspecified atom stereocenters. The number of primary amides is 1. The van der Waals surface area contributed by atoms with E-state index in [1.54, 1.807) is 24.3 Å². The molecule has 4 amide bonds. The predicted molar refractivity (Wildman–Crippen MR) is 182 cm³/mol. The number of amides is 4. The molecular formula is C33H52N9O5+. The Balaban J connectivity index is 2.34. The lowest BCUT2D eigenvalue weighted by Gasteiger charge is -2.34. The second kappa shape index (κ2) is 19.1. The molecule has 2 rings (SSSR count). The van der Waals surface area contributed by atoms with Crippen LogP contribution in [0.15, 0.2) is 59.6 Å². The lowest BCUT2D eigenvalue weighted by Crippen LogP contribution is -2.60. The molecule has 0 aliphatic carbocycles. The number of carbonyl (C=O) groups excluding carboxylic acids is 4. The van der Waals surface area contributed by atoms with Crippen molar-refractivity contribution >= 4 is 29.6 Å². The van der Waals surface area contributed by atoms with Crippen molar-refractivity contribution < 1.29 is 28.8 Å². The number of aliphatic imine (C=N–C) groups is 1. The highest BCUT2D eigenvalue weighted by Gasteiger charge is 2.35. The summed E-state index contributed by atoms with van der Waals surface area (Å²) in [6.07, 6.45) is 2.57. The van der Waals surface area contributed by atoms with Gasteiger partial charge < -0.3 is 48.5 Å². The van der Waals surface area contributed by atoms with Gasteiger partial charge in [-0.3, -0.25) is 24.2 Å². The molecule has 14 heteroatoms. The maximum atomic E-state index is 13.9. The highest BCUT2D eigenvalue weighted by Crippen LogP contribution is 2.16. The Morgan fingerprint density at radius 1 is 0.723 bits per heavy atom. The van der Waals surface area contributed by atoms with E-state index in [-0.39, 0.29) is 41.5 Å². The van der Waals surface area contributed by atoms with E-state index in [0.29, 0.717) is 38.6 Å². The number of phenols is 1. The number of phenolic OH excluding ortho intramolecular Hbond substituents is 1. The number of nitrogens with two attached hydrogens (primary N) is 4. The Bertz CT molecular complexity index is 1330. The lowest BCUT2D eigenvalue weighted by molar-refractivity contribution is -0.886. The van der Waals surface area contributed by atoms with Crippen LogP contribution >= 0.6 is 0 Å². The largest absolute Gasteiger partial charge is 0.508 e. The average Bonchev–Trinajstić information content (AvgIpc) is 3.00. The van der Waals surface area contributed by atoms with E-state index in [0.717, 1.165) is 11.1 Å². The number of quaternary nitrogens is 1. The highest BCUT2D eigenvalue weighted by atomic mass is 16.3. The van der Waals surface area contributed by atoms with Crippen molar-refractivity contribution in [3.63, 3.8) is 0 Å². The normalized spacial score (nSPS) is 13.8. The van der Waals surface area contributed by atoms with Crippen LogP contribution in [0.1, 0.15) is 43.2 Å². The monoisotopic (exact) mass is 654 g/mol. The van der Waals surface area contributed by atoms with Crippen LogP contribution in [0.5, 0.6) is 5.75 Å². The molecule has 2 aromatic rings. The fourth-order valence-electron chi connectivity index (χ4n) is 5.00. The fourth-order valence-corrected chi connectivity index (χ4v) is 5.00. The van der Waals surface area contributed by atoms with Gasteiger partial charge in [-0.1, -0.05) is 42.5 Å². The summed E-state index contributed by atoms with van der Waals surface area (Å²) in [5.41, 5.74) is 23.7. The number of likely N-dealkylation sites (N-methyl/N-ethyl adjacent to an activating group) is 1. The topological polar surface area (TPSA) is 241 Å². The summed E-state index contributed by atoms with van der Waals surface area (Å²) in [5.74, 6) is -2.20. The van der Waals surface area contributed by atoms with Crippen molar-refractivity contribution in [2.45, 2.75) is 69.1 Å². The molecule has 0 spiro atoms. The predicted octanol–water partition coefficient (Wildman–Crippen LogP) is -0.625. The van der Waals surface area contributed by atoms with Gasteiger partial charge in [0.15, 0.2) is 12.0 Å². The van der Waals surface area contributed by atoms with Crippen LogP contribution in [0.2, 0.25) is 0 Å². The SMILES string of the molecule is C[N+](C)(C)[C@@H](Cc1ccc(O)cc1)C(=O)N[C@H](CCCN=C(N)N)C(=O)N[C@@H](Cc1ccccc1)C(=O)N[C@@H](CCCCN)C(N)=O. The molecule has 0 aliphatic heterocycles. The molecule has 47 heavy (non-hydrogen) atoms. The Labute approximate surface area is 276 Å². The number of unbranched alkanes of at least 4 members (excludes halogenated alkanes) is 1. The number of benzene rings is 2. The van der Waals surface area contributed by atoms with Crippen molar-refractivity contribution in [2.24, 2.45) is 27.9 Å². The number of nitrogens with one attached hydrogen (secondary N) is 3. The summed E-state index contributed by atoms with van der Waals surface area (Å²) in [5, 5.41) is 18.1. The van der Waals surface area contributed by atoms with Crippen molar-refractivity contribution in [1.29, 1.82) is 0 Å². The van der Waals surface area contributed by atoms with E-state index < -0.39 is 41.9 Å². The zero-order valence-electron chi connectivity index (χ0n) is 27.7. The number of guanidine groups is 1. The first-order chi connectivity index (χ1) is 22.2. The zero-order valence-corrected chi connectivity index (χ0v) is 27.7. The molecule has 0 fully saturated rings. The Kier molecular flexibility index (Phi) is 15.6. The summed E-state index contributed by atoms with van der Waals surface area (Å²) in [6.45, 7) is 0.664. The van der Waals surface area contributed by atoms with E-state index in [4.69, 9.17) is 22.9 Å². The Morgan fingerprint density at radius 2 is 1.28 bits per heavy atom. The summed E-state index contributed by atoms with van der Waals surface area (Å²) in [7, 11) is 5.63. The van der Waals surface area contributed by atoms with Crippen LogP contribution in [0.4, 0.5) is 0 Å². The van der Waals surface area contributed by atoms with Crippen LogP contribution in [0.25, 0.3) is 0 Å². The molecule has 14 nitrogen and oxygen atoms in total. The van der Waals surface area contributed by atoms with E-state index in [9.17, 15) is 24.3 Å². The van der Waals surface area contributed by atoms with Gasteiger partial charge in [0, 0.05) is 19.4 Å². The molecule has 0 aliphatic rings. The van der Waals surface area contributed by atoms with Gasteiger partial charge in [0.25, 0.3) is 5.91 Å². The van der Waals surface area contributed by atoms with Gasteiger partial charge in [-0.15, -0.1) is 0 Å². The second-order valence-corrected chi connectivity index (χ2v) is 12.5. The van der Waals surface area contributed by atoms with Crippen molar-refractivity contribution in [1.82, 2.24) is 16.0 Å². The third kappa shape index (κ3) is 14.1. The standard InChI is InChI=1S/C33H51N9O5/c1-42(2,3)28(21-23-14-16-24(43)17-15-23)32(47)40-26(13-9-19-38-33(36)37)30(45)41-27(20-22-10-5-4-6-11-22)31(46)39-25(29(35)44)12-7-8-18-34/h4-6,10-11,14-17,25-28H,7-9,12-13,18-21,34H2,1-3H3,(H9-,35,36,37,38,39,40,41,43,44,45,46,47)/p+1/t25-,26+,27-,28-/m0/s1. The number of carbonyl (C=O) groups is 4. The molecule has 0 aromatic heterocycles. The van der Waals surface area contributed by atoms with Crippen molar-refractivity contribution in [3.05, 3.63) is 65.7 Å². The number of aromatic hydroxyl groups is 1. The van der Waals surface area contributed by atoms with Gasteiger partial charge in [-0.2, -0.15) is 0 Å². The molecule has 0 saturated carbocycles. The number of hydrogen-bond donors (Lipinski definition) is 8. The summed E-state index contributed by atoms with van der Waals surface area (Å²) >= 11 is 0. The first-order valence-electron chi connectivity index (χ1n) is 15.8. The third-order valence-electron chi connectivity index (χ3n) is 7.70. The quantitative estimate of drug-likeness (QED) is 0.0395. The molecule has 258 valence electrons. The molecular weight excluding hydrogens is 602 g/mol. The molecule has 2 aromatic carbocycles. The minimum absolute atomic E-state index is 0.0934. The molecule has 0 bridgehead atoms.